The molecule has 2 rings (SSSR count). The first-order valence-corrected chi connectivity index (χ1v) is 7.15. The van der Waals surface area contributed by atoms with Crippen molar-refractivity contribution in [1.29, 1.82) is 0 Å². The van der Waals surface area contributed by atoms with Gasteiger partial charge in [0.05, 0.1) is 10.9 Å². The fourth-order valence-electron chi connectivity index (χ4n) is 2.37. The number of benzene rings is 1. The van der Waals surface area contributed by atoms with Crippen LogP contribution in [0.3, 0.4) is 0 Å². The summed E-state index contributed by atoms with van der Waals surface area (Å²) in [6.45, 7) is 1.64. The van der Waals surface area contributed by atoms with Crippen molar-refractivity contribution in [3.63, 3.8) is 0 Å². The minimum atomic E-state index is -1.09. The molecule has 2 N–H and O–H groups in total. The predicted molar refractivity (Wildman–Crippen MR) is 83.3 cm³/mol. The van der Waals surface area contributed by atoms with Gasteiger partial charge in [0, 0.05) is 19.5 Å². The van der Waals surface area contributed by atoms with Crippen molar-refractivity contribution < 1.29 is 14.7 Å². The molecule has 0 saturated carbocycles. The van der Waals surface area contributed by atoms with Gasteiger partial charge < -0.3 is 10.0 Å². The number of nitrogens with one attached hydrogen (secondary N) is 1. The maximum absolute atomic E-state index is 12.1. The minimum absolute atomic E-state index is 0.0307. The Labute approximate surface area is 131 Å². The summed E-state index contributed by atoms with van der Waals surface area (Å²) in [7, 11) is 0. The number of hydrogen-bond donors (Lipinski definition) is 2. The average Bonchev–Trinajstić information content (AvgIpc) is 2.52. The molecule has 0 spiro atoms. The van der Waals surface area contributed by atoms with Crippen LogP contribution in [0.2, 0.25) is 0 Å². The second-order valence-corrected chi connectivity index (χ2v) is 4.98. The molecule has 0 atom stereocenters. The number of likely N-dealkylation sites (N-methyl/N-ethyl adjacent to an activating group) is 1. The van der Waals surface area contributed by atoms with Crippen LogP contribution in [0, 0.1) is 0 Å². The molecular formula is C15H17N3O5. The second-order valence-electron chi connectivity index (χ2n) is 4.98. The number of H-pyrrole nitrogens is 1. The van der Waals surface area contributed by atoms with Gasteiger partial charge in [-0.3, -0.25) is 23.9 Å². The molecule has 0 unspecified atom stereocenters. The van der Waals surface area contributed by atoms with Crippen LogP contribution in [-0.2, 0) is 16.1 Å². The summed E-state index contributed by atoms with van der Waals surface area (Å²) in [5, 5.41) is 9.14. The van der Waals surface area contributed by atoms with Gasteiger partial charge in [0.25, 0.3) is 5.56 Å². The Morgan fingerprint density at radius 3 is 2.61 bits per heavy atom. The molecule has 8 heteroatoms. The molecule has 0 aliphatic heterocycles. The number of amides is 1. The van der Waals surface area contributed by atoms with Crippen molar-refractivity contribution in [3.8, 4) is 0 Å². The first-order chi connectivity index (χ1) is 10.9. The third-order valence-electron chi connectivity index (χ3n) is 3.51. The number of nitrogens with zero attached hydrogens (tertiary/aromatic N) is 2. The molecule has 1 aromatic carbocycles. The highest BCUT2D eigenvalue weighted by Crippen LogP contribution is 2.07. The minimum Gasteiger partial charge on any atom is -0.480 e. The van der Waals surface area contributed by atoms with Crippen LogP contribution >= 0.6 is 0 Å². The Balaban J connectivity index is 2.26. The molecular weight excluding hydrogens is 302 g/mol. The van der Waals surface area contributed by atoms with Gasteiger partial charge in [-0.15, -0.1) is 0 Å². The van der Waals surface area contributed by atoms with Crippen LogP contribution in [0.25, 0.3) is 10.9 Å². The van der Waals surface area contributed by atoms with E-state index in [1.54, 1.807) is 31.2 Å². The van der Waals surface area contributed by atoms with E-state index in [1.165, 1.54) is 9.47 Å². The summed E-state index contributed by atoms with van der Waals surface area (Å²) in [5.74, 6) is -1.45. The van der Waals surface area contributed by atoms with Crippen LogP contribution < -0.4 is 11.2 Å². The van der Waals surface area contributed by atoms with E-state index in [1.807, 2.05) is 0 Å². The fourth-order valence-corrected chi connectivity index (χ4v) is 2.37. The van der Waals surface area contributed by atoms with Crippen molar-refractivity contribution in [2.45, 2.75) is 19.9 Å². The van der Waals surface area contributed by atoms with E-state index in [9.17, 15) is 19.2 Å². The van der Waals surface area contributed by atoms with Gasteiger partial charge in [0.1, 0.15) is 6.54 Å². The molecule has 0 saturated heterocycles. The van der Waals surface area contributed by atoms with E-state index in [-0.39, 0.29) is 32.0 Å². The van der Waals surface area contributed by atoms with Gasteiger partial charge in [-0.2, -0.15) is 0 Å². The summed E-state index contributed by atoms with van der Waals surface area (Å²) in [4.78, 5) is 49.9. The van der Waals surface area contributed by atoms with Gasteiger partial charge in [-0.1, -0.05) is 12.1 Å². The van der Waals surface area contributed by atoms with Crippen LogP contribution in [0.4, 0.5) is 0 Å². The van der Waals surface area contributed by atoms with Gasteiger partial charge >= 0.3 is 11.7 Å². The molecule has 0 bridgehead atoms. The second kappa shape index (κ2) is 6.91. The molecule has 0 fully saturated rings. The maximum Gasteiger partial charge on any atom is 0.328 e. The van der Waals surface area contributed by atoms with Gasteiger partial charge in [0.15, 0.2) is 0 Å². The highest BCUT2D eigenvalue weighted by Gasteiger charge is 2.16. The first kappa shape index (κ1) is 16.5. The molecule has 8 nitrogen and oxygen atoms in total. The average molecular weight is 319 g/mol. The summed E-state index contributed by atoms with van der Waals surface area (Å²) in [5.41, 5.74) is -0.632. The van der Waals surface area contributed by atoms with Crippen LogP contribution in [0.5, 0.6) is 0 Å². The monoisotopic (exact) mass is 319 g/mol. The number of carboxylic acids is 1. The number of rotatable bonds is 6. The third-order valence-corrected chi connectivity index (χ3v) is 3.51. The number of aromatic nitrogens is 2. The highest BCUT2D eigenvalue weighted by molar-refractivity contribution is 5.81. The zero-order valence-electron chi connectivity index (χ0n) is 12.6. The summed E-state index contributed by atoms with van der Waals surface area (Å²) in [6, 6.07) is 6.60. The highest BCUT2D eigenvalue weighted by atomic mass is 16.4. The zero-order chi connectivity index (χ0) is 17.0. The predicted octanol–water partition coefficient (Wildman–Crippen LogP) is 0.0130. The number of carbonyl (C=O) groups excluding carboxylic acids is 1. The maximum atomic E-state index is 12.1. The van der Waals surface area contributed by atoms with E-state index in [0.717, 1.165) is 0 Å². The Kier molecular flexibility index (Phi) is 4.95. The number of carbonyl (C=O) groups is 2. The number of para-hydroxylation sites is 1. The number of hydrogen-bond acceptors (Lipinski definition) is 4. The van der Waals surface area contributed by atoms with Crippen LogP contribution in [0.1, 0.15) is 13.3 Å². The number of fused-ring (bicyclic) bond motifs is 1. The normalized spacial score (nSPS) is 10.7. The summed E-state index contributed by atoms with van der Waals surface area (Å²) in [6.07, 6.45) is -0.0307. The molecule has 2 aromatic rings. The topological polar surface area (TPSA) is 112 Å². The van der Waals surface area contributed by atoms with Crippen molar-refractivity contribution in [2.24, 2.45) is 0 Å². The standard InChI is InChI=1S/C15H17N3O5/c1-2-17(9-13(20)21)12(19)7-8-18-11-6-4-3-5-10(11)14(22)16-15(18)23/h3-6H,2,7-9H2,1H3,(H,20,21)(H,16,22,23). The largest absolute Gasteiger partial charge is 0.480 e. The first-order valence-electron chi connectivity index (χ1n) is 7.15. The van der Waals surface area contributed by atoms with Gasteiger partial charge in [-0.05, 0) is 19.1 Å². The fraction of sp³-hybridized carbons (Fsp3) is 0.333. The van der Waals surface area contributed by atoms with E-state index in [0.29, 0.717) is 10.9 Å². The summed E-state index contributed by atoms with van der Waals surface area (Å²) < 4.78 is 1.31. The van der Waals surface area contributed by atoms with E-state index < -0.39 is 17.2 Å². The van der Waals surface area contributed by atoms with Gasteiger partial charge in [-0.25, -0.2) is 4.79 Å². The Bertz CT molecular complexity index is 852. The zero-order valence-corrected chi connectivity index (χ0v) is 12.6. The molecule has 122 valence electrons. The van der Waals surface area contributed by atoms with E-state index in [4.69, 9.17) is 5.11 Å². The van der Waals surface area contributed by atoms with Crippen LogP contribution in [0.15, 0.2) is 33.9 Å². The third kappa shape index (κ3) is 3.65. The number of carboxylic acid groups (broad SMARTS) is 1. The molecule has 1 aromatic heterocycles. The van der Waals surface area contributed by atoms with Crippen molar-refractivity contribution in [3.05, 3.63) is 45.1 Å². The lowest BCUT2D eigenvalue weighted by molar-refractivity contribution is -0.144. The van der Waals surface area contributed by atoms with Crippen molar-refractivity contribution in [1.82, 2.24) is 14.5 Å². The van der Waals surface area contributed by atoms with E-state index >= 15 is 0 Å². The summed E-state index contributed by atoms with van der Waals surface area (Å²) >= 11 is 0. The van der Waals surface area contributed by atoms with Crippen molar-refractivity contribution in [2.75, 3.05) is 13.1 Å². The Morgan fingerprint density at radius 2 is 1.96 bits per heavy atom. The molecule has 1 heterocycles. The van der Waals surface area contributed by atoms with E-state index in [2.05, 4.69) is 4.98 Å². The molecule has 1 amide bonds. The quantitative estimate of drug-likeness (QED) is 0.779. The molecule has 0 aliphatic carbocycles. The van der Waals surface area contributed by atoms with Gasteiger partial charge in [0.2, 0.25) is 5.91 Å². The lowest BCUT2D eigenvalue weighted by Gasteiger charge is -2.19. The molecule has 0 radical (unpaired) electrons. The number of aliphatic carboxylic acids is 1. The SMILES string of the molecule is CCN(CC(=O)O)C(=O)CCn1c(=O)[nH]c(=O)c2ccccc21. The Hall–Kier alpha value is -2.90. The smallest absolute Gasteiger partial charge is 0.328 e. The molecule has 23 heavy (non-hydrogen) atoms. The number of aryl methyl sites for hydroxylation is 1. The lowest BCUT2D eigenvalue weighted by atomic mass is 10.2. The Morgan fingerprint density at radius 1 is 1.26 bits per heavy atom. The lowest BCUT2D eigenvalue weighted by Crippen LogP contribution is -2.37. The van der Waals surface area contributed by atoms with Crippen molar-refractivity contribution >= 4 is 22.8 Å². The molecule has 0 aliphatic rings. The number of aromatic amines is 1. The van der Waals surface area contributed by atoms with Crippen LogP contribution in [-0.4, -0.2) is 44.5 Å².